The number of pyridine rings is 1. The molecule has 170 valence electrons. The third-order valence-electron chi connectivity index (χ3n) is 5.64. The lowest BCUT2D eigenvalue weighted by Crippen LogP contribution is -2.47. The number of carbonyl (C=O) groups excluding carboxylic acids is 2. The number of nitrogens with zero attached hydrogens (tertiary/aromatic N) is 2. The summed E-state index contributed by atoms with van der Waals surface area (Å²) in [6.45, 7) is 1.02. The Morgan fingerprint density at radius 3 is 2.52 bits per heavy atom. The average molecular weight is 448 g/mol. The van der Waals surface area contributed by atoms with Gasteiger partial charge >= 0.3 is 0 Å². The monoisotopic (exact) mass is 447 g/mol. The van der Waals surface area contributed by atoms with Gasteiger partial charge in [0.2, 0.25) is 5.91 Å². The van der Waals surface area contributed by atoms with E-state index in [0.29, 0.717) is 6.61 Å². The Hall–Kier alpha value is -3.58. The molecule has 1 aromatic heterocycles. The average Bonchev–Trinajstić information content (AvgIpc) is 3.37. The number of aromatic nitrogens is 1. The molecule has 1 saturated heterocycles. The zero-order chi connectivity index (χ0) is 23.0. The summed E-state index contributed by atoms with van der Waals surface area (Å²) in [6.07, 6.45) is 2.93. The number of ether oxygens (including phenoxy) is 1. The fraction of sp³-hybridized carbons (Fsp3) is 0.269. The molecule has 1 fully saturated rings. The number of hydrogen-bond acceptors (Lipinski definition) is 4. The Bertz CT molecular complexity index is 1070. The third kappa shape index (κ3) is 5.62. The lowest BCUT2D eigenvalue weighted by Gasteiger charge is -2.33. The quantitative estimate of drug-likeness (QED) is 0.569. The molecule has 6 nitrogen and oxygen atoms in total. The molecule has 1 aliphatic heterocycles. The predicted octanol–water partition coefficient (Wildman–Crippen LogP) is 3.90. The maximum atomic E-state index is 14.9. The van der Waals surface area contributed by atoms with E-state index in [1.165, 1.54) is 23.2 Å². The minimum Gasteiger partial charge on any atom is -0.376 e. The van der Waals surface area contributed by atoms with Crippen molar-refractivity contribution in [2.24, 2.45) is 0 Å². The van der Waals surface area contributed by atoms with E-state index in [4.69, 9.17) is 4.74 Å². The summed E-state index contributed by atoms with van der Waals surface area (Å²) in [4.78, 5) is 32.6. The van der Waals surface area contributed by atoms with Crippen LogP contribution in [-0.4, -0.2) is 41.0 Å². The first-order valence-electron chi connectivity index (χ1n) is 11.0. The largest absolute Gasteiger partial charge is 0.376 e. The van der Waals surface area contributed by atoms with E-state index in [1.54, 1.807) is 30.3 Å². The highest BCUT2D eigenvalue weighted by molar-refractivity contribution is 5.96. The van der Waals surface area contributed by atoms with Crippen LogP contribution < -0.4 is 5.32 Å². The molecule has 0 radical (unpaired) electrons. The van der Waals surface area contributed by atoms with Crippen molar-refractivity contribution >= 4 is 11.8 Å². The number of nitrogens with one attached hydrogen (secondary N) is 1. The molecule has 2 heterocycles. The Morgan fingerprint density at radius 1 is 1.06 bits per heavy atom. The Kier molecular flexibility index (Phi) is 7.42. The van der Waals surface area contributed by atoms with Crippen molar-refractivity contribution in [3.63, 3.8) is 0 Å². The van der Waals surface area contributed by atoms with E-state index >= 15 is 0 Å². The molecule has 2 aromatic carbocycles. The van der Waals surface area contributed by atoms with Gasteiger partial charge in [0.25, 0.3) is 5.91 Å². The van der Waals surface area contributed by atoms with Crippen LogP contribution in [-0.2, 0) is 16.1 Å². The highest BCUT2D eigenvalue weighted by Gasteiger charge is 2.36. The number of rotatable bonds is 8. The van der Waals surface area contributed by atoms with Crippen LogP contribution in [0.25, 0.3) is 0 Å². The van der Waals surface area contributed by atoms with Gasteiger partial charge < -0.3 is 15.0 Å². The molecule has 0 bridgehead atoms. The first-order chi connectivity index (χ1) is 16.1. The van der Waals surface area contributed by atoms with Gasteiger partial charge in [-0.05, 0) is 36.6 Å². The van der Waals surface area contributed by atoms with Crippen LogP contribution in [0.5, 0.6) is 0 Å². The predicted molar refractivity (Wildman–Crippen MR) is 122 cm³/mol. The SMILES string of the molecule is O=C(NCc1ccccc1)[C@@H](c1ccccc1F)N(C[C@@H]1CCCO1)C(=O)c1ccccn1. The van der Waals surface area contributed by atoms with Crippen molar-refractivity contribution < 1.29 is 18.7 Å². The Morgan fingerprint density at radius 2 is 1.82 bits per heavy atom. The van der Waals surface area contributed by atoms with Crippen molar-refractivity contribution in [3.8, 4) is 0 Å². The summed E-state index contributed by atoms with van der Waals surface area (Å²) in [7, 11) is 0. The Balaban J connectivity index is 1.69. The van der Waals surface area contributed by atoms with E-state index in [-0.39, 0.29) is 30.5 Å². The van der Waals surface area contributed by atoms with Crippen LogP contribution in [0.4, 0.5) is 4.39 Å². The summed E-state index contributed by atoms with van der Waals surface area (Å²) in [5.41, 5.74) is 1.22. The van der Waals surface area contributed by atoms with Gasteiger partial charge in [-0.25, -0.2) is 4.39 Å². The van der Waals surface area contributed by atoms with E-state index in [1.807, 2.05) is 30.3 Å². The van der Waals surface area contributed by atoms with Crippen LogP contribution in [0.15, 0.2) is 79.0 Å². The molecular formula is C26H26FN3O3. The number of amides is 2. The van der Waals surface area contributed by atoms with Gasteiger partial charge in [-0.3, -0.25) is 14.6 Å². The second-order valence-corrected chi connectivity index (χ2v) is 7.93. The summed E-state index contributed by atoms with van der Waals surface area (Å²) < 4.78 is 20.7. The molecule has 1 aliphatic rings. The van der Waals surface area contributed by atoms with E-state index in [2.05, 4.69) is 10.3 Å². The molecule has 0 saturated carbocycles. The molecule has 0 aliphatic carbocycles. The van der Waals surface area contributed by atoms with Crippen LogP contribution in [0.3, 0.4) is 0 Å². The van der Waals surface area contributed by atoms with Crippen LogP contribution in [0, 0.1) is 5.82 Å². The molecular weight excluding hydrogens is 421 g/mol. The standard InChI is InChI=1S/C26H26FN3O3/c27-22-13-5-4-12-21(22)24(25(31)29-17-19-9-2-1-3-10-19)30(18-20-11-8-16-33-20)26(32)23-14-6-7-15-28-23/h1-7,9-10,12-15,20,24H,8,11,16-18H2,(H,29,31)/t20-,24+/m0/s1. The molecule has 33 heavy (non-hydrogen) atoms. The van der Waals surface area contributed by atoms with Gasteiger partial charge in [0.1, 0.15) is 17.6 Å². The highest BCUT2D eigenvalue weighted by Crippen LogP contribution is 2.28. The van der Waals surface area contributed by atoms with Crippen molar-refractivity contribution in [1.29, 1.82) is 0 Å². The number of hydrogen-bond donors (Lipinski definition) is 1. The molecule has 0 spiro atoms. The van der Waals surface area contributed by atoms with E-state index in [0.717, 1.165) is 18.4 Å². The van der Waals surface area contributed by atoms with Crippen molar-refractivity contribution in [1.82, 2.24) is 15.2 Å². The second kappa shape index (κ2) is 10.8. The first kappa shape index (κ1) is 22.6. The fourth-order valence-corrected chi connectivity index (χ4v) is 3.98. The van der Waals surface area contributed by atoms with Crippen molar-refractivity contribution in [2.45, 2.75) is 31.5 Å². The van der Waals surface area contributed by atoms with Gasteiger partial charge in [0, 0.05) is 31.5 Å². The molecule has 7 heteroatoms. The van der Waals surface area contributed by atoms with Gasteiger partial charge in [0.05, 0.1) is 6.10 Å². The maximum Gasteiger partial charge on any atom is 0.273 e. The first-order valence-corrected chi connectivity index (χ1v) is 11.0. The van der Waals surface area contributed by atoms with Gasteiger partial charge in [0.15, 0.2) is 0 Å². The number of benzene rings is 2. The zero-order valence-electron chi connectivity index (χ0n) is 18.2. The lowest BCUT2D eigenvalue weighted by atomic mass is 10.0. The minimum atomic E-state index is -1.17. The molecule has 4 rings (SSSR count). The van der Waals surface area contributed by atoms with Gasteiger partial charge in [-0.1, -0.05) is 54.6 Å². The van der Waals surface area contributed by atoms with Gasteiger partial charge in [-0.15, -0.1) is 0 Å². The summed E-state index contributed by atoms with van der Waals surface area (Å²) >= 11 is 0. The number of halogens is 1. The molecule has 0 unspecified atom stereocenters. The van der Waals surface area contributed by atoms with Gasteiger partial charge in [-0.2, -0.15) is 0 Å². The summed E-state index contributed by atoms with van der Waals surface area (Å²) in [5, 5.41) is 2.88. The lowest BCUT2D eigenvalue weighted by molar-refractivity contribution is -0.126. The van der Waals surface area contributed by atoms with E-state index in [9.17, 15) is 14.0 Å². The molecule has 2 atom stereocenters. The van der Waals surface area contributed by atoms with Crippen LogP contribution in [0.1, 0.15) is 40.5 Å². The smallest absolute Gasteiger partial charge is 0.273 e. The molecule has 1 N–H and O–H groups in total. The van der Waals surface area contributed by atoms with E-state index < -0.39 is 23.7 Å². The minimum absolute atomic E-state index is 0.130. The summed E-state index contributed by atoms with van der Waals surface area (Å²) in [6, 6.07) is 19.3. The normalized spacial score (nSPS) is 16.2. The summed E-state index contributed by atoms with van der Waals surface area (Å²) in [5.74, 6) is -1.47. The Labute approximate surface area is 192 Å². The topological polar surface area (TPSA) is 71.5 Å². The van der Waals surface area contributed by atoms with Crippen LogP contribution >= 0.6 is 0 Å². The molecule has 2 amide bonds. The van der Waals surface area contributed by atoms with Crippen LogP contribution in [0.2, 0.25) is 0 Å². The zero-order valence-corrected chi connectivity index (χ0v) is 18.2. The molecule has 3 aromatic rings. The highest BCUT2D eigenvalue weighted by atomic mass is 19.1. The second-order valence-electron chi connectivity index (χ2n) is 7.93. The maximum absolute atomic E-state index is 14.9. The van der Waals surface area contributed by atoms with Crippen molar-refractivity contribution in [2.75, 3.05) is 13.2 Å². The van der Waals surface area contributed by atoms with Crippen molar-refractivity contribution in [3.05, 3.63) is 102 Å². The third-order valence-corrected chi connectivity index (χ3v) is 5.64. The number of carbonyl (C=O) groups is 2. The fourth-order valence-electron chi connectivity index (χ4n) is 3.98.